The van der Waals surface area contributed by atoms with Crippen molar-refractivity contribution in [2.45, 2.75) is 167 Å². The molecule has 0 N–H and O–H groups in total. The SMILES string of the molecule is CC(C)c1cc(C(C)C)cc(C(CC(C)(C)C)C(C)(C)C)c1.CC(C)c1ccc(C(CC(C)(C)C)C(C)(C)C)cc1. The van der Waals surface area contributed by atoms with Gasteiger partial charge in [-0.15, -0.1) is 0 Å². The Morgan fingerprint density at radius 3 is 0.927 bits per heavy atom. The van der Waals surface area contributed by atoms with Crippen molar-refractivity contribution in [2.24, 2.45) is 21.7 Å². The zero-order chi connectivity index (χ0) is 32.1. The van der Waals surface area contributed by atoms with Crippen molar-refractivity contribution < 1.29 is 0 Å². The summed E-state index contributed by atoms with van der Waals surface area (Å²) in [4.78, 5) is 0. The Balaban J connectivity index is 0.000000414. The van der Waals surface area contributed by atoms with Crippen molar-refractivity contribution in [1.82, 2.24) is 0 Å². The molecule has 234 valence electrons. The lowest BCUT2D eigenvalue weighted by molar-refractivity contribution is 0.229. The van der Waals surface area contributed by atoms with Crippen molar-refractivity contribution in [3.8, 4) is 0 Å². The van der Waals surface area contributed by atoms with Crippen LogP contribution in [0, 0.1) is 21.7 Å². The van der Waals surface area contributed by atoms with Gasteiger partial charge in [-0.25, -0.2) is 0 Å². The van der Waals surface area contributed by atoms with Gasteiger partial charge in [0.15, 0.2) is 0 Å². The topological polar surface area (TPSA) is 0 Å². The van der Waals surface area contributed by atoms with Gasteiger partial charge in [0.05, 0.1) is 0 Å². The summed E-state index contributed by atoms with van der Waals surface area (Å²) in [5, 5.41) is 0. The van der Waals surface area contributed by atoms with Gasteiger partial charge >= 0.3 is 0 Å². The highest BCUT2D eigenvalue weighted by molar-refractivity contribution is 5.36. The molecule has 2 atom stereocenters. The number of benzene rings is 2. The van der Waals surface area contributed by atoms with Crippen LogP contribution in [0.15, 0.2) is 42.5 Å². The molecule has 0 saturated heterocycles. The minimum Gasteiger partial charge on any atom is -0.0602 e. The average molecular weight is 563 g/mol. The lowest BCUT2D eigenvalue weighted by atomic mass is 9.68. The van der Waals surface area contributed by atoms with Crippen molar-refractivity contribution in [3.05, 3.63) is 70.3 Å². The number of hydrogen-bond acceptors (Lipinski definition) is 0. The number of hydrogen-bond donors (Lipinski definition) is 0. The fourth-order valence-electron chi connectivity index (χ4n) is 5.76. The van der Waals surface area contributed by atoms with E-state index < -0.39 is 0 Å². The van der Waals surface area contributed by atoms with Crippen LogP contribution in [-0.2, 0) is 0 Å². The predicted molar refractivity (Wildman–Crippen MR) is 188 cm³/mol. The summed E-state index contributed by atoms with van der Waals surface area (Å²) in [5.41, 5.74) is 8.77. The monoisotopic (exact) mass is 563 g/mol. The summed E-state index contributed by atoms with van der Waals surface area (Å²) in [5.74, 6) is 3.02. The quantitative estimate of drug-likeness (QED) is 0.315. The van der Waals surface area contributed by atoms with Gasteiger partial charge in [0.1, 0.15) is 0 Å². The second-order valence-corrected chi connectivity index (χ2v) is 18.4. The second kappa shape index (κ2) is 14.3. The molecule has 0 fully saturated rings. The van der Waals surface area contributed by atoms with Gasteiger partial charge in [-0.3, -0.25) is 0 Å². The molecule has 2 unspecified atom stereocenters. The van der Waals surface area contributed by atoms with E-state index in [1.54, 1.807) is 0 Å². The molecule has 0 spiro atoms. The lowest BCUT2D eigenvalue weighted by Crippen LogP contribution is -2.24. The van der Waals surface area contributed by atoms with Gasteiger partial charge in [0.2, 0.25) is 0 Å². The third-order valence-corrected chi connectivity index (χ3v) is 8.46. The highest BCUT2D eigenvalue weighted by Gasteiger charge is 2.32. The molecular weight excluding hydrogens is 492 g/mol. The maximum absolute atomic E-state index is 2.47. The molecule has 0 aliphatic carbocycles. The highest BCUT2D eigenvalue weighted by atomic mass is 14.4. The summed E-state index contributed by atoms with van der Waals surface area (Å²) >= 11 is 0. The number of rotatable bonds is 7. The first kappa shape index (κ1) is 37.5. The van der Waals surface area contributed by atoms with E-state index in [1.165, 1.54) is 40.7 Å². The van der Waals surface area contributed by atoms with Crippen LogP contribution >= 0.6 is 0 Å². The third kappa shape index (κ3) is 13.1. The molecule has 0 saturated carbocycles. The Labute approximate surface area is 258 Å². The smallest absolute Gasteiger partial charge is 0.0108 e. The van der Waals surface area contributed by atoms with Crippen LogP contribution in [0.2, 0.25) is 0 Å². The third-order valence-electron chi connectivity index (χ3n) is 8.46. The molecule has 0 amide bonds. The largest absolute Gasteiger partial charge is 0.0602 e. The van der Waals surface area contributed by atoms with Crippen molar-refractivity contribution in [1.29, 1.82) is 0 Å². The van der Waals surface area contributed by atoms with Crippen LogP contribution < -0.4 is 0 Å². The van der Waals surface area contributed by atoms with Crippen molar-refractivity contribution in [3.63, 3.8) is 0 Å². The molecule has 0 bridgehead atoms. The highest BCUT2D eigenvalue weighted by Crippen LogP contribution is 2.45. The van der Waals surface area contributed by atoms with Gasteiger partial charge in [-0.1, -0.05) is 167 Å². The Hall–Kier alpha value is -1.56. The first-order valence-electron chi connectivity index (χ1n) is 16.6. The van der Waals surface area contributed by atoms with Crippen molar-refractivity contribution >= 4 is 0 Å². The summed E-state index contributed by atoms with van der Waals surface area (Å²) in [6, 6.07) is 16.7. The fraction of sp³-hybridized carbons (Fsp3) is 0.707. The summed E-state index contributed by atoms with van der Waals surface area (Å²) in [6.07, 6.45) is 2.47. The first-order valence-corrected chi connectivity index (χ1v) is 16.6. The van der Waals surface area contributed by atoms with E-state index in [9.17, 15) is 0 Å². The summed E-state index contributed by atoms with van der Waals surface area (Å²) in [6.45, 7) is 42.1. The zero-order valence-electron chi connectivity index (χ0n) is 30.8. The van der Waals surface area contributed by atoms with Crippen LogP contribution in [0.25, 0.3) is 0 Å². The van der Waals surface area contributed by atoms with E-state index in [0.717, 1.165) is 0 Å². The van der Waals surface area contributed by atoms with E-state index in [4.69, 9.17) is 0 Å². The molecule has 2 rings (SSSR count). The van der Waals surface area contributed by atoms with Crippen LogP contribution in [-0.4, -0.2) is 0 Å². The van der Waals surface area contributed by atoms with Crippen LogP contribution in [0.1, 0.15) is 195 Å². The van der Waals surface area contributed by atoms with Crippen LogP contribution in [0.3, 0.4) is 0 Å². The van der Waals surface area contributed by atoms with E-state index in [2.05, 4.69) is 167 Å². The average Bonchev–Trinajstić information content (AvgIpc) is 2.78. The normalized spacial score (nSPS) is 14.8. The minimum atomic E-state index is 0.289. The Morgan fingerprint density at radius 1 is 0.390 bits per heavy atom. The fourth-order valence-corrected chi connectivity index (χ4v) is 5.76. The predicted octanol–water partition coefficient (Wildman–Crippen LogP) is 13.9. The Kier molecular flexibility index (Phi) is 13.0. The zero-order valence-corrected chi connectivity index (χ0v) is 30.8. The standard InChI is InChI=1S/C22H38.C19H32/c1-15(2)17-11-18(16(3)4)13-19(12-17)20(22(8,9)10)14-21(5,6)7;1-14(2)15-9-11-16(12-10-15)17(19(6,7)8)13-18(3,4)5/h11-13,15-16,20H,14H2,1-10H3;9-12,14,17H,13H2,1-8H3. The molecule has 2 aromatic carbocycles. The van der Waals surface area contributed by atoms with Crippen LogP contribution in [0.5, 0.6) is 0 Å². The van der Waals surface area contributed by atoms with E-state index >= 15 is 0 Å². The van der Waals surface area contributed by atoms with E-state index in [-0.39, 0.29) is 5.41 Å². The first-order chi connectivity index (χ1) is 18.3. The summed E-state index contributed by atoms with van der Waals surface area (Å²) in [7, 11) is 0. The van der Waals surface area contributed by atoms with E-state index in [1.807, 2.05) is 0 Å². The molecule has 2 aromatic rings. The Bertz CT molecular complexity index is 1010. The van der Waals surface area contributed by atoms with Crippen LogP contribution in [0.4, 0.5) is 0 Å². The van der Waals surface area contributed by atoms with Crippen molar-refractivity contribution in [2.75, 3.05) is 0 Å². The molecule has 0 radical (unpaired) electrons. The molecule has 0 aliphatic rings. The Morgan fingerprint density at radius 2 is 0.659 bits per heavy atom. The molecule has 0 heterocycles. The molecule has 0 aliphatic heterocycles. The minimum absolute atomic E-state index is 0.289. The summed E-state index contributed by atoms with van der Waals surface area (Å²) < 4.78 is 0. The molecule has 0 heteroatoms. The lowest BCUT2D eigenvalue weighted by Gasteiger charge is -2.37. The molecule has 0 aromatic heterocycles. The van der Waals surface area contributed by atoms with Gasteiger partial charge in [-0.2, -0.15) is 0 Å². The molecular formula is C41H70. The van der Waals surface area contributed by atoms with Gasteiger partial charge in [0.25, 0.3) is 0 Å². The molecule has 0 nitrogen and oxygen atoms in total. The van der Waals surface area contributed by atoms with Gasteiger partial charge in [0, 0.05) is 0 Å². The van der Waals surface area contributed by atoms with Gasteiger partial charge in [-0.05, 0) is 91.9 Å². The molecule has 41 heavy (non-hydrogen) atoms. The maximum Gasteiger partial charge on any atom is -0.0108 e. The second-order valence-electron chi connectivity index (χ2n) is 18.4. The van der Waals surface area contributed by atoms with E-state index in [0.29, 0.717) is 45.8 Å². The van der Waals surface area contributed by atoms with Gasteiger partial charge < -0.3 is 0 Å². The maximum atomic E-state index is 2.47.